The second kappa shape index (κ2) is 8.26. The predicted molar refractivity (Wildman–Crippen MR) is 104 cm³/mol. The van der Waals surface area contributed by atoms with E-state index in [-0.39, 0.29) is 6.10 Å². The molecule has 1 aliphatic heterocycles. The molecule has 2 heterocycles. The Balaban J connectivity index is 1.76. The van der Waals surface area contributed by atoms with Gasteiger partial charge in [-0.05, 0) is 17.5 Å². The first-order valence-electron chi connectivity index (χ1n) is 9.50. The highest BCUT2D eigenvalue weighted by molar-refractivity contribution is 5.82. The van der Waals surface area contributed by atoms with Gasteiger partial charge in [0.25, 0.3) is 0 Å². The molecule has 136 valence electrons. The number of benzene rings is 1. The zero-order valence-corrected chi connectivity index (χ0v) is 16.0. The van der Waals surface area contributed by atoms with Gasteiger partial charge in [0, 0.05) is 49.4 Å². The Labute approximate surface area is 151 Å². The third-order valence-electron chi connectivity index (χ3n) is 4.91. The lowest BCUT2D eigenvalue weighted by atomic mass is 9.99. The monoisotopic (exact) mass is 341 g/mol. The Morgan fingerprint density at radius 2 is 2.12 bits per heavy atom. The van der Waals surface area contributed by atoms with Crippen LogP contribution < -0.4 is 5.32 Å². The number of rotatable bonds is 6. The van der Waals surface area contributed by atoms with Gasteiger partial charge in [-0.25, -0.2) is 0 Å². The molecule has 1 fully saturated rings. The van der Waals surface area contributed by atoms with Gasteiger partial charge in [-0.2, -0.15) is 0 Å². The molecule has 1 N–H and O–H groups in total. The summed E-state index contributed by atoms with van der Waals surface area (Å²) in [7, 11) is 0. The maximum atomic E-state index is 6.11. The highest BCUT2D eigenvalue weighted by atomic mass is 16.5. The Hall–Kier alpha value is -1.49. The fraction of sp³-hybridized carbons (Fsp3) is 0.571. The number of hydrogen-bond acceptors (Lipinski definition) is 4. The van der Waals surface area contributed by atoms with Crippen molar-refractivity contribution in [3.8, 4) is 0 Å². The van der Waals surface area contributed by atoms with Crippen LogP contribution in [0.2, 0.25) is 0 Å². The minimum absolute atomic E-state index is 0.105. The fourth-order valence-electron chi connectivity index (χ4n) is 3.38. The van der Waals surface area contributed by atoms with Gasteiger partial charge in [0.2, 0.25) is 0 Å². The van der Waals surface area contributed by atoms with E-state index in [0.717, 1.165) is 38.3 Å². The highest BCUT2D eigenvalue weighted by Gasteiger charge is 2.23. The number of morpholine rings is 1. The van der Waals surface area contributed by atoms with Gasteiger partial charge in [-0.1, -0.05) is 45.9 Å². The van der Waals surface area contributed by atoms with Crippen LogP contribution in [0.25, 0.3) is 10.9 Å². The van der Waals surface area contributed by atoms with Crippen LogP contribution in [0.1, 0.15) is 50.8 Å². The number of fused-ring (bicyclic) bond motifs is 1. The zero-order valence-electron chi connectivity index (χ0n) is 16.0. The lowest BCUT2D eigenvalue weighted by molar-refractivity contribution is -0.0289. The lowest BCUT2D eigenvalue weighted by Gasteiger charge is -2.33. The van der Waals surface area contributed by atoms with E-state index in [2.05, 4.69) is 62.2 Å². The van der Waals surface area contributed by atoms with E-state index in [1.807, 2.05) is 6.20 Å². The highest BCUT2D eigenvalue weighted by Crippen LogP contribution is 2.29. The average Bonchev–Trinajstić information content (AvgIpc) is 2.60. The van der Waals surface area contributed by atoms with Crippen LogP contribution in [0.5, 0.6) is 0 Å². The van der Waals surface area contributed by atoms with Gasteiger partial charge >= 0.3 is 0 Å². The summed E-state index contributed by atoms with van der Waals surface area (Å²) < 4.78 is 6.11. The van der Waals surface area contributed by atoms with E-state index in [1.54, 1.807) is 0 Å². The molecule has 1 saturated heterocycles. The van der Waals surface area contributed by atoms with Crippen LogP contribution in [0, 0.1) is 0 Å². The number of pyridine rings is 1. The largest absolute Gasteiger partial charge is 0.371 e. The lowest BCUT2D eigenvalue weighted by Crippen LogP contribution is -2.42. The van der Waals surface area contributed by atoms with Gasteiger partial charge in [-0.15, -0.1) is 0 Å². The molecule has 25 heavy (non-hydrogen) atoms. The minimum Gasteiger partial charge on any atom is -0.371 e. The van der Waals surface area contributed by atoms with Crippen LogP contribution >= 0.6 is 0 Å². The van der Waals surface area contributed by atoms with Crippen molar-refractivity contribution >= 4 is 10.9 Å². The Morgan fingerprint density at radius 3 is 2.88 bits per heavy atom. The SMILES string of the molecule is CC(C)NCCN1CCOC(c2cccc3cc(C(C)C)cnc23)C1. The number of aromatic nitrogens is 1. The summed E-state index contributed by atoms with van der Waals surface area (Å²) in [5, 5.41) is 4.71. The van der Waals surface area contributed by atoms with Crippen molar-refractivity contribution < 1.29 is 4.74 Å². The van der Waals surface area contributed by atoms with E-state index in [9.17, 15) is 0 Å². The topological polar surface area (TPSA) is 37.4 Å². The molecule has 3 rings (SSSR count). The molecule has 1 aliphatic rings. The van der Waals surface area contributed by atoms with Crippen molar-refractivity contribution in [1.82, 2.24) is 15.2 Å². The molecule has 0 bridgehead atoms. The number of hydrogen-bond donors (Lipinski definition) is 1. The predicted octanol–water partition coefficient (Wildman–Crippen LogP) is 3.73. The van der Waals surface area contributed by atoms with Crippen molar-refractivity contribution in [2.45, 2.75) is 45.8 Å². The van der Waals surface area contributed by atoms with Crippen LogP contribution in [0.4, 0.5) is 0 Å². The molecule has 1 unspecified atom stereocenters. The maximum Gasteiger partial charge on any atom is 0.0973 e. The van der Waals surface area contributed by atoms with Gasteiger partial charge in [0.1, 0.15) is 0 Å². The first-order valence-corrected chi connectivity index (χ1v) is 9.50. The molecule has 0 aliphatic carbocycles. The van der Waals surface area contributed by atoms with E-state index < -0.39 is 0 Å². The summed E-state index contributed by atoms with van der Waals surface area (Å²) >= 11 is 0. The summed E-state index contributed by atoms with van der Waals surface area (Å²) in [5.74, 6) is 0.496. The molecule has 0 saturated carbocycles. The fourth-order valence-corrected chi connectivity index (χ4v) is 3.38. The Bertz CT molecular complexity index is 699. The van der Waals surface area contributed by atoms with E-state index in [0.29, 0.717) is 12.0 Å². The molecule has 0 amide bonds. The standard InChI is InChI=1S/C21H31N3O/c1-15(2)18-12-17-6-5-7-19(21(17)23-13-18)20-14-24(10-11-25-20)9-8-22-16(3)4/h5-7,12-13,15-16,20,22H,8-11,14H2,1-4H3. The summed E-state index contributed by atoms with van der Waals surface area (Å²) in [5.41, 5.74) is 3.59. The molecule has 4 nitrogen and oxygen atoms in total. The van der Waals surface area contributed by atoms with Crippen molar-refractivity contribution in [2.75, 3.05) is 32.8 Å². The Morgan fingerprint density at radius 1 is 1.28 bits per heavy atom. The molecule has 1 atom stereocenters. The van der Waals surface area contributed by atoms with Crippen molar-refractivity contribution in [1.29, 1.82) is 0 Å². The molecule has 1 aromatic carbocycles. The average molecular weight is 341 g/mol. The first kappa shape index (κ1) is 18.3. The molecule has 0 spiro atoms. The zero-order chi connectivity index (χ0) is 17.8. The van der Waals surface area contributed by atoms with E-state index >= 15 is 0 Å². The normalized spacial score (nSPS) is 19.2. The quantitative estimate of drug-likeness (QED) is 0.869. The third-order valence-corrected chi connectivity index (χ3v) is 4.91. The van der Waals surface area contributed by atoms with Crippen molar-refractivity contribution in [3.63, 3.8) is 0 Å². The third kappa shape index (κ3) is 4.57. The maximum absolute atomic E-state index is 6.11. The van der Waals surface area contributed by atoms with E-state index in [4.69, 9.17) is 9.72 Å². The molecule has 2 aromatic rings. The minimum atomic E-state index is 0.105. The number of nitrogens with zero attached hydrogens (tertiary/aromatic N) is 2. The summed E-state index contributed by atoms with van der Waals surface area (Å²) in [6, 6.07) is 9.26. The van der Waals surface area contributed by atoms with Crippen molar-refractivity contribution in [3.05, 3.63) is 41.6 Å². The summed E-state index contributed by atoms with van der Waals surface area (Å²) in [6.45, 7) is 13.6. The van der Waals surface area contributed by atoms with Gasteiger partial charge in [0.15, 0.2) is 0 Å². The summed E-state index contributed by atoms with van der Waals surface area (Å²) in [4.78, 5) is 7.27. The molecule has 0 radical (unpaired) electrons. The Kier molecular flexibility index (Phi) is 6.05. The molecular weight excluding hydrogens is 310 g/mol. The van der Waals surface area contributed by atoms with E-state index in [1.165, 1.54) is 16.5 Å². The number of para-hydroxylation sites is 1. The van der Waals surface area contributed by atoms with Crippen molar-refractivity contribution in [2.24, 2.45) is 0 Å². The first-order chi connectivity index (χ1) is 12.0. The second-order valence-corrected chi connectivity index (χ2v) is 7.61. The van der Waals surface area contributed by atoms with Gasteiger partial charge < -0.3 is 10.1 Å². The molecule has 4 heteroatoms. The molecular formula is C21H31N3O. The van der Waals surface area contributed by atoms with Crippen LogP contribution in [-0.2, 0) is 4.74 Å². The van der Waals surface area contributed by atoms with Gasteiger partial charge in [-0.3, -0.25) is 9.88 Å². The second-order valence-electron chi connectivity index (χ2n) is 7.61. The number of ether oxygens (including phenoxy) is 1. The smallest absolute Gasteiger partial charge is 0.0973 e. The van der Waals surface area contributed by atoms with Crippen LogP contribution in [0.15, 0.2) is 30.5 Å². The van der Waals surface area contributed by atoms with Gasteiger partial charge in [0.05, 0.1) is 18.2 Å². The molecule has 1 aromatic heterocycles. The summed E-state index contributed by atoms with van der Waals surface area (Å²) in [6.07, 6.45) is 2.12. The van der Waals surface area contributed by atoms with Crippen LogP contribution in [0.3, 0.4) is 0 Å². The number of nitrogens with one attached hydrogen (secondary N) is 1. The van der Waals surface area contributed by atoms with Crippen LogP contribution in [-0.4, -0.2) is 48.7 Å².